The summed E-state index contributed by atoms with van der Waals surface area (Å²) in [6.07, 6.45) is 3.54. The molecule has 1 aromatic rings. The number of carbonyl (C=O) groups excluding carboxylic acids is 4. The van der Waals surface area contributed by atoms with Crippen LogP contribution in [-0.4, -0.2) is 80.1 Å². The fraction of sp³-hybridized carbons (Fsp3) is 0.583. The number of hydrogen-bond acceptors (Lipinski definition) is 7. The second kappa shape index (κ2) is 13.0. The highest BCUT2D eigenvalue weighted by Crippen LogP contribution is 2.14. The van der Waals surface area contributed by atoms with Gasteiger partial charge in [0, 0.05) is 37.5 Å². The first kappa shape index (κ1) is 25.6. The largest absolute Gasteiger partial charge is 0.466 e. The summed E-state index contributed by atoms with van der Waals surface area (Å²) >= 11 is 0. The molecule has 3 amide bonds. The third-order valence-electron chi connectivity index (χ3n) is 5.83. The molecule has 3 N–H and O–H groups in total. The summed E-state index contributed by atoms with van der Waals surface area (Å²) in [7, 11) is 0. The number of anilines is 1. The van der Waals surface area contributed by atoms with Crippen LogP contribution in [0.25, 0.3) is 0 Å². The molecule has 0 saturated carbocycles. The molecule has 0 radical (unpaired) electrons. The van der Waals surface area contributed by atoms with E-state index in [1.165, 1.54) is 0 Å². The maximum absolute atomic E-state index is 12.7. The molecule has 34 heavy (non-hydrogen) atoms. The van der Waals surface area contributed by atoms with Crippen molar-refractivity contribution in [2.24, 2.45) is 0 Å². The Morgan fingerprint density at radius 3 is 2.91 bits per heavy atom. The summed E-state index contributed by atoms with van der Waals surface area (Å²) in [5, 5.41) is 8.38. The van der Waals surface area contributed by atoms with E-state index in [-0.39, 0.29) is 36.8 Å². The molecule has 186 valence electrons. The van der Waals surface area contributed by atoms with Crippen LogP contribution in [0.1, 0.15) is 49.4 Å². The van der Waals surface area contributed by atoms with Crippen LogP contribution in [0.15, 0.2) is 24.3 Å². The molecule has 2 aliphatic rings. The third kappa shape index (κ3) is 7.81. The van der Waals surface area contributed by atoms with Gasteiger partial charge in [-0.1, -0.05) is 19.4 Å². The van der Waals surface area contributed by atoms with Gasteiger partial charge in [-0.3, -0.25) is 24.1 Å². The number of piperazine rings is 1. The second-order valence-corrected chi connectivity index (χ2v) is 8.53. The van der Waals surface area contributed by atoms with Gasteiger partial charge in [0.1, 0.15) is 6.04 Å². The molecule has 2 aliphatic heterocycles. The van der Waals surface area contributed by atoms with Crippen molar-refractivity contribution in [3.8, 4) is 0 Å². The Kier molecular flexibility index (Phi) is 9.84. The Labute approximate surface area is 199 Å². The van der Waals surface area contributed by atoms with Gasteiger partial charge in [-0.25, -0.2) is 0 Å². The van der Waals surface area contributed by atoms with Crippen molar-refractivity contribution in [1.29, 1.82) is 0 Å². The second-order valence-electron chi connectivity index (χ2n) is 8.53. The van der Waals surface area contributed by atoms with E-state index in [0.717, 1.165) is 32.3 Å². The van der Waals surface area contributed by atoms with Crippen LogP contribution in [0.2, 0.25) is 0 Å². The van der Waals surface area contributed by atoms with Crippen LogP contribution < -0.4 is 16.0 Å². The van der Waals surface area contributed by atoms with Gasteiger partial charge in [-0.15, -0.1) is 0 Å². The molecular weight excluding hydrogens is 440 g/mol. The lowest BCUT2D eigenvalue weighted by atomic mass is 10.1. The molecule has 0 bridgehead atoms. The molecule has 2 heterocycles. The minimum atomic E-state index is -0.761. The van der Waals surface area contributed by atoms with Crippen LogP contribution in [0, 0.1) is 0 Å². The molecule has 2 unspecified atom stereocenters. The Morgan fingerprint density at radius 2 is 2.15 bits per heavy atom. The number of unbranched alkanes of at least 4 members (excludes halogenated alkanes) is 1. The predicted molar refractivity (Wildman–Crippen MR) is 125 cm³/mol. The molecule has 0 aliphatic carbocycles. The van der Waals surface area contributed by atoms with Crippen LogP contribution in [0.3, 0.4) is 0 Å². The summed E-state index contributed by atoms with van der Waals surface area (Å²) in [6, 6.07) is 5.91. The van der Waals surface area contributed by atoms with E-state index in [9.17, 15) is 19.2 Å². The van der Waals surface area contributed by atoms with Crippen molar-refractivity contribution in [1.82, 2.24) is 15.5 Å². The number of ether oxygens (including phenoxy) is 2. The lowest BCUT2D eigenvalue weighted by molar-refractivity contribution is -0.149. The van der Waals surface area contributed by atoms with Gasteiger partial charge in [0.2, 0.25) is 11.8 Å². The van der Waals surface area contributed by atoms with Gasteiger partial charge in [0.05, 0.1) is 25.7 Å². The summed E-state index contributed by atoms with van der Waals surface area (Å²) < 4.78 is 10.7. The van der Waals surface area contributed by atoms with E-state index in [1.807, 2.05) is 6.92 Å². The topological polar surface area (TPSA) is 126 Å². The molecule has 3 rings (SSSR count). The van der Waals surface area contributed by atoms with Crippen molar-refractivity contribution in [2.45, 2.75) is 51.2 Å². The van der Waals surface area contributed by atoms with E-state index in [4.69, 9.17) is 9.47 Å². The van der Waals surface area contributed by atoms with Crippen molar-refractivity contribution in [3.05, 3.63) is 29.8 Å². The highest BCUT2D eigenvalue weighted by atomic mass is 16.5. The molecule has 0 spiro atoms. The smallest absolute Gasteiger partial charge is 0.307 e. The number of hydrogen-bond donors (Lipinski definition) is 3. The van der Waals surface area contributed by atoms with Crippen molar-refractivity contribution in [3.63, 3.8) is 0 Å². The lowest BCUT2D eigenvalue weighted by Crippen LogP contribution is -2.57. The first-order chi connectivity index (χ1) is 16.5. The van der Waals surface area contributed by atoms with Crippen LogP contribution in [0.4, 0.5) is 5.69 Å². The molecule has 10 nitrogen and oxygen atoms in total. The van der Waals surface area contributed by atoms with Gasteiger partial charge < -0.3 is 25.4 Å². The average Bonchev–Trinajstić information content (AvgIpc) is 3.34. The van der Waals surface area contributed by atoms with E-state index in [0.29, 0.717) is 37.5 Å². The number of esters is 1. The number of carbonyl (C=O) groups is 4. The molecule has 10 heteroatoms. The predicted octanol–water partition coefficient (Wildman–Crippen LogP) is 1.07. The van der Waals surface area contributed by atoms with Gasteiger partial charge in [0.25, 0.3) is 5.91 Å². The van der Waals surface area contributed by atoms with E-state index < -0.39 is 12.0 Å². The highest BCUT2D eigenvalue weighted by Gasteiger charge is 2.33. The average molecular weight is 475 g/mol. The fourth-order valence-corrected chi connectivity index (χ4v) is 3.96. The monoisotopic (exact) mass is 474 g/mol. The zero-order valence-corrected chi connectivity index (χ0v) is 19.6. The number of amides is 3. The first-order valence-electron chi connectivity index (χ1n) is 11.9. The van der Waals surface area contributed by atoms with E-state index >= 15 is 0 Å². The molecule has 1 aromatic carbocycles. The minimum Gasteiger partial charge on any atom is -0.466 e. The standard InChI is InChI=1S/C24H34N4O6/c1-2-3-11-34-22(30)14-20-24(32)25-9-10-28(20)16-21(29)27-18-7-4-6-17(13-18)23(31)26-15-19-8-5-12-33-19/h4,6-7,13,19-20H,2-3,5,8-12,14-16H2,1H3,(H,25,32)(H,26,31)(H,27,29). The Bertz CT molecular complexity index is 871. The minimum absolute atomic E-state index is 0.0467. The first-order valence-corrected chi connectivity index (χ1v) is 11.9. The maximum Gasteiger partial charge on any atom is 0.307 e. The zero-order valence-electron chi connectivity index (χ0n) is 19.6. The lowest BCUT2D eigenvalue weighted by Gasteiger charge is -2.33. The molecule has 2 saturated heterocycles. The number of benzene rings is 1. The highest BCUT2D eigenvalue weighted by molar-refractivity contribution is 5.98. The Balaban J connectivity index is 1.52. The van der Waals surface area contributed by atoms with Crippen molar-refractivity contribution in [2.75, 3.05) is 44.7 Å². The normalized spacial score (nSPS) is 20.4. The third-order valence-corrected chi connectivity index (χ3v) is 5.83. The Morgan fingerprint density at radius 1 is 1.29 bits per heavy atom. The van der Waals surface area contributed by atoms with E-state index in [1.54, 1.807) is 29.2 Å². The summed E-state index contributed by atoms with van der Waals surface area (Å²) in [5.74, 6) is -1.32. The Hall–Kier alpha value is -2.98. The molecule has 2 atom stereocenters. The molecule has 2 fully saturated rings. The van der Waals surface area contributed by atoms with Gasteiger partial charge in [-0.05, 0) is 37.5 Å². The van der Waals surface area contributed by atoms with Gasteiger partial charge >= 0.3 is 5.97 Å². The SMILES string of the molecule is CCCCOC(=O)CC1C(=O)NCCN1CC(=O)Nc1cccc(C(=O)NCC2CCCO2)c1. The van der Waals surface area contributed by atoms with Crippen molar-refractivity contribution < 1.29 is 28.7 Å². The van der Waals surface area contributed by atoms with Crippen LogP contribution in [0.5, 0.6) is 0 Å². The fourth-order valence-electron chi connectivity index (χ4n) is 3.96. The maximum atomic E-state index is 12.7. The van der Waals surface area contributed by atoms with E-state index in [2.05, 4.69) is 16.0 Å². The summed E-state index contributed by atoms with van der Waals surface area (Å²) in [6.45, 7) is 4.27. The van der Waals surface area contributed by atoms with Crippen LogP contribution in [-0.2, 0) is 23.9 Å². The number of nitrogens with zero attached hydrogens (tertiary/aromatic N) is 1. The van der Waals surface area contributed by atoms with Crippen molar-refractivity contribution >= 4 is 29.4 Å². The number of rotatable bonds is 11. The van der Waals surface area contributed by atoms with Crippen LogP contribution >= 0.6 is 0 Å². The van der Waals surface area contributed by atoms with Gasteiger partial charge in [-0.2, -0.15) is 0 Å². The summed E-state index contributed by atoms with van der Waals surface area (Å²) in [5.41, 5.74) is 0.910. The zero-order chi connectivity index (χ0) is 24.3. The number of nitrogens with one attached hydrogen (secondary N) is 3. The summed E-state index contributed by atoms with van der Waals surface area (Å²) in [4.78, 5) is 51.3. The van der Waals surface area contributed by atoms with Gasteiger partial charge in [0.15, 0.2) is 0 Å². The quantitative estimate of drug-likeness (QED) is 0.323. The molecule has 0 aromatic heterocycles. The molecular formula is C24H34N4O6.